The summed E-state index contributed by atoms with van der Waals surface area (Å²) < 4.78 is 36.5. The minimum atomic E-state index is -3.32. The predicted octanol–water partition coefficient (Wildman–Crippen LogP) is 4.27. The molecule has 0 bridgehead atoms. The maximum Gasteiger partial charge on any atom is 0.287 e. The third-order valence-electron chi connectivity index (χ3n) is 4.70. The first kappa shape index (κ1) is 19.3. The largest absolute Gasteiger partial charge is 0.711 e. The summed E-state index contributed by atoms with van der Waals surface area (Å²) in [4.78, 5) is 0. The molecule has 0 saturated carbocycles. The lowest BCUT2D eigenvalue weighted by atomic mass is 9.68. The van der Waals surface area contributed by atoms with Crippen molar-refractivity contribution >= 4 is 23.1 Å². The minimum Gasteiger partial charge on any atom is -0.711 e. The first-order valence-electron chi connectivity index (χ1n) is 8.34. The Labute approximate surface area is 160 Å². The average molecular weight is 394 g/mol. The molecule has 3 rings (SSSR count). The molecule has 0 amide bonds. The number of hydrogen-bond donors (Lipinski definition) is 1. The fourth-order valence-electron chi connectivity index (χ4n) is 3.38. The Bertz CT molecular complexity index is 938. The van der Waals surface area contributed by atoms with E-state index in [1.165, 1.54) is 24.3 Å². The Balaban J connectivity index is 2.40. The van der Waals surface area contributed by atoms with Crippen LogP contribution in [-0.2, 0) is 10.2 Å². The number of nitrogens with one attached hydrogen (secondary N) is 1. The summed E-state index contributed by atoms with van der Waals surface area (Å²) >= 11 is 6.02. The van der Waals surface area contributed by atoms with Crippen LogP contribution in [0.4, 0.5) is 20.3 Å². The molecule has 1 N–H and O–H groups in total. The number of nitrogens with zero attached hydrogens (tertiary/aromatic N) is 2. The van der Waals surface area contributed by atoms with Crippen LogP contribution in [0, 0.1) is 16.5 Å². The molecule has 2 heterocycles. The van der Waals surface area contributed by atoms with Gasteiger partial charge in [0.15, 0.2) is 0 Å². The summed E-state index contributed by atoms with van der Waals surface area (Å²) in [5, 5.41) is 24.6. The second-order valence-electron chi connectivity index (χ2n) is 6.90. The zero-order valence-electron chi connectivity index (χ0n) is 15.0. The minimum absolute atomic E-state index is 0.0285. The van der Waals surface area contributed by atoms with Crippen molar-refractivity contribution in [1.82, 2.24) is 0 Å². The van der Waals surface area contributed by atoms with Gasteiger partial charge in [-0.2, -0.15) is 5.26 Å². The standard InChI is InChI=1S/C19H18ClF2N3O2/c1-11(2)27-10-19(18(3,21)22)14-6-12(8-23)4-5-16(14)24-17-15(19)7-13(20)9-25(17)26/h4-7,9,11,24H,10H2,1-3H3. The third-order valence-corrected chi connectivity index (χ3v) is 4.91. The number of ether oxygens (including phenoxy) is 1. The van der Waals surface area contributed by atoms with Crippen LogP contribution in [0.25, 0.3) is 0 Å². The maximum absolute atomic E-state index is 15.2. The van der Waals surface area contributed by atoms with Gasteiger partial charge in [-0.05, 0) is 38.1 Å². The van der Waals surface area contributed by atoms with Crippen molar-refractivity contribution in [3.63, 3.8) is 0 Å². The van der Waals surface area contributed by atoms with E-state index in [0.717, 1.165) is 13.1 Å². The fraction of sp³-hybridized carbons (Fsp3) is 0.368. The van der Waals surface area contributed by atoms with Crippen LogP contribution in [0.3, 0.4) is 0 Å². The van der Waals surface area contributed by atoms with Gasteiger partial charge in [0.25, 0.3) is 11.7 Å². The normalized spacial score (nSPS) is 18.4. The van der Waals surface area contributed by atoms with Gasteiger partial charge in [0.2, 0.25) is 0 Å². The molecule has 1 atom stereocenters. The summed E-state index contributed by atoms with van der Waals surface area (Å²) in [5.41, 5.74) is -1.22. The highest BCUT2D eigenvalue weighted by Gasteiger charge is 2.59. The summed E-state index contributed by atoms with van der Waals surface area (Å²) in [5.74, 6) is -3.36. The smallest absolute Gasteiger partial charge is 0.287 e. The topological polar surface area (TPSA) is 72.0 Å². The van der Waals surface area contributed by atoms with E-state index in [4.69, 9.17) is 16.3 Å². The van der Waals surface area contributed by atoms with Crippen molar-refractivity contribution in [1.29, 1.82) is 5.26 Å². The SMILES string of the molecule is CC(C)OCC1(C(C)(F)F)c2cc(C#N)ccc2Nc2c1cc(Cl)c[n+]2[O-]. The number of nitriles is 1. The number of anilines is 2. The Morgan fingerprint density at radius 3 is 2.67 bits per heavy atom. The number of pyridine rings is 1. The number of benzene rings is 1. The highest BCUT2D eigenvalue weighted by Crippen LogP contribution is 2.53. The van der Waals surface area contributed by atoms with Crippen molar-refractivity contribution in [2.45, 2.75) is 38.2 Å². The monoisotopic (exact) mass is 393 g/mol. The van der Waals surface area contributed by atoms with Crippen molar-refractivity contribution in [2.75, 3.05) is 11.9 Å². The van der Waals surface area contributed by atoms with Crippen LogP contribution in [-0.4, -0.2) is 18.6 Å². The Morgan fingerprint density at radius 2 is 2.07 bits per heavy atom. The number of alkyl halides is 2. The summed E-state index contributed by atoms with van der Waals surface area (Å²) in [6, 6.07) is 7.74. The lowest BCUT2D eigenvalue weighted by molar-refractivity contribution is -0.590. The Hall–Kier alpha value is -2.43. The van der Waals surface area contributed by atoms with Gasteiger partial charge in [0.05, 0.1) is 34.9 Å². The van der Waals surface area contributed by atoms with Gasteiger partial charge in [-0.3, -0.25) is 0 Å². The van der Waals surface area contributed by atoms with Crippen molar-refractivity contribution in [3.05, 3.63) is 57.4 Å². The van der Waals surface area contributed by atoms with Gasteiger partial charge < -0.3 is 9.94 Å². The molecule has 1 unspecified atom stereocenters. The zero-order chi connectivity index (χ0) is 20.0. The third kappa shape index (κ3) is 3.09. The van der Waals surface area contributed by atoms with Gasteiger partial charge in [0.1, 0.15) is 17.3 Å². The van der Waals surface area contributed by atoms with Crippen LogP contribution >= 0.6 is 11.6 Å². The van der Waals surface area contributed by atoms with Gasteiger partial charge >= 0.3 is 0 Å². The van der Waals surface area contributed by atoms with Crippen LogP contribution in [0.5, 0.6) is 0 Å². The van der Waals surface area contributed by atoms with E-state index in [1.54, 1.807) is 13.8 Å². The molecule has 1 aromatic heterocycles. The van der Waals surface area contributed by atoms with E-state index >= 15 is 8.78 Å². The number of halogens is 3. The first-order valence-corrected chi connectivity index (χ1v) is 8.72. The van der Waals surface area contributed by atoms with E-state index in [0.29, 0.717) is 10.4 Å². The molecule has 0 aliphatic carbocycles. The molecule has 0 fully saturated rings. The zero-order valence-corrected chi connectivity index (χ0v) is 15.8. The van der Waals surface area contributed by atoms with Gasteiger partial charge in [-0.25, -0.2) is 18.8 Å². The quantitative estimate of drug-likeness (QED) is 0.622. The number of rotatable bonds is 4. The van der Waals surface area contributed by atoms with Gasteiger partial charge in [-0.1, -0.05) is 11.6 Å². The molecule has 2 aromatic rings. The molecule has 0 spiro atoms. The first-order chi connectivity index (χ1) is 12.6. The number of aromatic nitrogens is 1. The van der Waals surface area contributed by atoms with E-state index in [1.807, 2.05) is 6.07 Å². The van der Waals surface area contributed by atoms with Gasteiger partial charge in [0, 0.05) is 12.5 Å². The van der Waals surface area contributed by atoms with E-state index in [9.17, 15) is 10.5 Å². The molecule has 8 heteroatoms. The lowest BCUT2D eigenvalue weighted by Gasteiger charge is -2.42. The van der Waals surface area contributed by atoms with Crippen LogP contribution in [0.15, 0.2) is 30.5 Å². The van der Waals surface area contributed by atoms with Crippen molar-refractivity contribution in [3.8, 4) is 6.07 Å². The molecule has 27 heavy (non-hydrogen) atoms. The molecule has 1 aromatic carbocycles. The Morgan fingerprint density at radius 1 is 1.37 bits per heavy atom. The Kier molecular flexibility index (Phi) is 4.74. The predicted molar refractivity (Wildman–Crippen MR) is 97.3 cm³/mol. The van der Waals surface area contributed by atoms with E-state index < -0.39 is 11.3 Å². The van der Waals surface area contributed by atoms with E-state index in [-0.39, 0.29) is 40.2 Å². The summed E-state index contributed by atoms with van der Waals surface area (Å²) in [6.45, 7) is 3.87. The molecule has 1 aliphatic rings. The highest BCUT2D eigenvalue weighted by atomic mass is 35.5. The molecule has 0 saturated heterocycles. The summed E-state index contributed by atoms with van der Waals surface area (Å²) in [6.07, 6.45) is 0.785. The second-order valence-corrected chi connectivity index (χ2v) is 7.33. The van der Waals surface area contributed by atoms with Crippen molar-refractivity contribution in [2.24, 2.45) is 0 Å². The molecular weight excluding hydrogens is 376 g/mol. The lowest BCUT2D eigenvalue weighted by Crippen LogP contribution is -2.52. The number of hydrogen-bond acceptors (Lipinski definition) is 4. The average Bonchev–Trinajstić information content (AvgIpc) is 2.57. The maximum atomic E-state index is 15.2. The highest BCUT2D eigenvalue weighted by molar-refractivity contribution is 6.30. The van der Waals surface area contributed by atoms with Crippen LogP contribution in [0.1, 0.15) is 37.5 Å². The fourth-order valence-corrected chi connectivity index (χ4v) is 3.58. The molecule has 1 aliphatic heterocycles. The summed E-state index contributed by atoms with van der Waals surface area (Å²) in [7, 11) is 0. The molecular formula is C19H18ClF2N3O2. The molecule has 0 radical (unpaired) electrons. The van der Waals surface area contributed by atoms with Crippen LogP contribution < -0.4 is 10.0 Å². The van der Waals surface area contributed by atoms with Crippen molar-refractivity contribution < 1.29 is 18.2 Å². The second kappa shape index (κ2) is 6.63. The van der Waals surface area contributed by atoms with Gasteiger partial charge in [-0.15, -0.1) is 0 Å². The molecule has 5 nitrogen and oxygen atoms in total. The molecule has 142 valence electrons. The number of fused-ring (bicyclic) bond motifs is 2. The van der Waals surface area contributed by atoms with E-state index in [2.05, 4.69) is 5.32 Å². The van der Waals surface area contributed by atoms with Crippen LogP contribution in [0.2, 0.25) is 5.02 Å².